The zero-order valence-electron chi connectivity index (χ0n) is 6.43. The van der Waals surface area contributed by atoms with Gasteiger partial charge in [0, 0.05) is 6.04 Å². The maximum Gasteiger partial charge on any atom is 0.00696 e. The van der Waals surface area contributed by atoms with Crippen LogP contribution in [0.3, 0.4) is 0 Å². The monoisotopic (exact) mass is 127 g/mol. The van der Waals surface area contributed by atoms with Crippen molar-refractivity contribution in [2.24, 2.45) is 17.6 Å². The van der Waals surface area contributed by atoms with Crippen LogP contribution in [0.4, 0.5) is 0 Å². The lowest BCUT2D eigenvalue weighted by Gasteiger charge is -2.10. The van der Waals surface area contributed by atoms with E-state index in [1.807, 2.05) is 0 Å². The van der Waals surface area contributed by atoms with E-state index < -0.39 is 0 Å². The van der Waals surface area contributed by atoms with Gasteiger partial charge < -0.3 is 5.73 Å². The third kappa shape index (κ3) is 1.45. The molecule has 0 aromatic carbocycles. The van der Waals surface area contributed by atoms with Gasteiger partial charge in [0.25, 0.3) is 0 Å². The minimum Gasteiger partial charge on any atom is -0.327 e. The fourth-order valence-corrected chi connectivity index (χ4v) is 1.91. The Morgan fingerprint density at radius 2 is 2.11 bits per heavy atom. The summed E-state index contributed by atoms with van der Waals surface area (Å²) in [7, 11) is 0. The summed E-state index contributed by atoms with van der Waals surface area (Å²) in [5, 5.41) is 0. The Kier molecular flexibility index (Phi) is 2.12. The Bertz CT molecular complexity index is 90.6. The second-order valence-electron chi connectivity index (χ2n) is 3.41. The van der Waals surface area contributed by atoms with Gasteiger partial charge in [-0.3, -0.25) is 0 Å². The van der Waals surface area contributed by atoms with Crippen LogP contribution in [0.2, 0.25) is 0 Å². The molecular formula is C8H17N. The molecule has 0 radical (unpaired) electrons. The van der Waals surface area contributed by atoms with E-state index in [1.54, 1.807) is 0 Å². The summed E-state index contributed by atoms with van der Waals surface area (Å²) in [5.74, 6) is 1.70. The Morgan fingerprint density at radius 1 is 1.44 bits per heavy atom. The van der Waals surface area contributed by atoms with E-state index in [0.29, 0.717) is 6.04 Å². The molecule has 1 rings (SSSR count). The summed E-state index contributed by atoms with van der Waals surface area (Å²) >= 11 is 0. The van der Waals surface area contributed by atoms with Crippen molar-refractivity contribution >= 4 is 0 Å². The molecule has 1 saturated carbocycles. The fraction of sp³-hybridized carbons (Fsp3) is 1.00. The van der Waals surface area contributed by atoms with Crippen LogP contribution >= 0.6 is 0 Å². The van der Waals surface area contributed by atoms with Crippen molar-refractivity contribution in [3.05, 3.63) is 0 Å². The molecule has 0 heterocycles. The maximum atomic E-state index is 5.88. The van der Waals surface area contributed by atoms with E-state index in [2.05, 4.69) is 13.8 Å². The van der Waals surface area contributed by atoms with Gasteiger partial charge in [-0.15, -0.1) is 0 Å². The van der Waals surface area contributed by atoms with Gasteiger partial charge >= 0.3 is 0 Å². The molecule has 1 aliphatic rings. The Labute approximate surface area is 57.6 Å². The fourth-order valence-electron chi connectivity index (χ4n) is 1.91. The number of nitrogens with two attached hydrogens (primary N) is 1. The highest BCUT2D eigenvalue weighted by Crippen LogP contribution is 2.31. The lowest BCUT2D eigenvalue weighted by atomic mass is 10.0. The molecule has 1 nitrogen and oxygen atoms in total. The van der Waals surface area contributed by atoms with E-state index in [4.69, 9.17) is 5.73 Å². The molecule has 1 aliphatic carbocycles. The van der Waals surface area contributed by atoms with Crippen molar-refractivity contribution in [3.63, 3.8) is 0 Å². The first-order valence-corrected chi connectivity index (χ1v) is 3.99. The quantitative estimate of drug-likeness (QED) is 0.570. The van der Waals surface area contributed by atoms with Crippen LogP contribution in [0, 0.1) is 11.8 Å². The zero-order valence-corrected chi connectivity index (χ0v) is 6.43. The van der Waals surface area contributed by atoms with E-state index in [0.717, 1.165) is 11.8 Å². The van der Waals surface area contributed by atoms with Crippen LogP contribution in [0.25, 0.3) is 0 Å². The molecule has 0 aromatic heterocycles. The first-order valence-electron chi connectivity index (χ1n) is 3.99. The van der Waals surface area contributed by atoms with Crippen LogP contribution in [-0.4, -0.2) is 6.04 Å². The molecule has 0 bridgehead atoms. The van der Waals surface area contributed by atoms with Gasteiger partial charge in [0.2, 0.25) is 0 Å². The van der Waals surface area contributed by atoms with Gasteiger partial charge in [-0.25, -0.2) is 0 Å². The third-order valence-electron chi connectivity index (χ3n) is 2.51. The van der Waals surface area contributed by atoms with Gasteiger partial charge in [0.15, 0.2) is 0 Å². The molecule has 0 saturated heterocycles. The van der Waals surface area contributed by atoms with Crippen LogP contribution in [0.5, 0.6) is 0 Å². The highest BCUT2D eigenvalue weighted by molar-refractivity contribution is 4.82. The Balaban J connectivity index is 2.38. The van der Waals surface area contributed by atoms with Crippen LogP contribution < -0.4 is 5.73 Å². The van der Waals surface area contributed by atoms with Crippen molar-refractivity contribution in [1.29, 1.82) is 0 Å². The molecule has 3 atom stereocenters. The average molecular weight is 127 g/mol. The van der Waals surface area contributed by atoms with Crippen molar-refractivity contribution in [2.75, 3.05) is 0 Å². The highest BCUT2D eigenvalue weighted by Gasteiger charge is 2.27. The van der Waals surface area contributed by atoms with Gasteiger partial charge in [0.05, 0.1) is 0 Å². The normalized spacial score (nSPS) is 43.7. The number of hydrogen-bond acceptors (Lipinski definition) is 1. The molecule has 1 heteroatoms. The minimum atomic E-state index is 0.505. The van der Waals surface area contributed by atoms with E-state index in [-0.39, 0.29) is 0 Å². The van der Waals surface area contributed by atoms with Crippen LogP contribution in [0.15, 0.2) is 0 Å². The van der Waals surface area contributed by atoms with Crippen molar-refractivity contribution in [1.82, 2.24) is 0 Å². The summed E-state index contributed by atoms with van der Waals surface area (Å²) in [4.78, 5) is 0. The molecule has 2 N–H and O–H groups in total. The van der Waals surface area contributed by atoms with E-state index in [1.165, 1.54) is 19.3 Å². The summed E-state index contributed by atoms with van der Waals surface area (Å²) in [6, 6.07) is 0.505. The molecular weight excluding hydrogens is 110 g/mol. The predicted molar refractivity (Wildman–Crippen MR) is 40.2 cm³/mol. The van der Waals surface area contributed by atoms with Crippen molar-refractivity contribution < 1.29 is 0 Å². The topological polar surface area (TPSA) is 26.0 Å². The van der Waals surface area contributed by atoms with Gasteiger partial charge in [0.1, 0.15) is 0 Å². The maximum absolute atomic E-state index is 5.88. The SMILES string of the molecule is CCC1C[C@H](C)CC1N. The molecule has 54 valence electrons. The summed E-state index contributed by atoms with van der Waals surface area (Å²) in [6.45, 7) is 4.54. The third-order valence-corrected chi connectivity index (χ3v) is 2.51. The van der Waals surface area contributed by atoms with Crippen molar-refractivity contribution in [3.8, 4) is 0 Å². The Hall–Kier alpha value is -0.0400. The molecule has 2 unspecified atom stereocenters. The second kappa shape index (κ2) is 2.70. The van der Waals surface area contributed by atoms with Gasteiger partial charge in [-0.05, 0) is 24.7 Å². The Morgan fingerprint density at radius 3 is 2.33 bits per heavy atom. The zero-order chi connectivity index (χ0) is 6.85. The minimum absolute atomic E-state index is 0.505. The van der Waals surface area contributed by atoms with Gasteiger partial charge in [-0.2, -0.15) is 0 Å². The highest BCUT2D eigenvalue weighted by atomic mass is 14.7. The molecule has 1 fully saturated rings. The summed E-state index contributed by atoms with van der Waals surface area (Å²) < 4.78 is 0. The van der Waals surface area contributed by atoms with Crippen molar-refractivity contribution in [2.45, 2.75) is 39.2 Å². The van der Waals surface area contributed by atoms with Gasteiger partial charge in [-0.1, -0.05) is 20.3 Å². The molecule has 0 aromatic rings. The summed E-state index contributed by atoms with van der Waals surface area (Å²) in [5.41, 5.74) is 5.88. The lowest BCUT2D eigenvalue weighted by Crippen LogP contribution is -2.23. The van der Waals surface area contributed by atoms with Crippen LogP contribution in [0.1, 0.15) is 33.1 Å². The molecule has 9 heavy (non-hydrogen) atoms. The standard InChI is InChI=1S/C8H17N/c1-3-7-4-6(2)5-8(7)9/h6-8H,3-5,9H2,1-2H3/t6-,7?,8?/m0/s1. The average Bonchev–Trinajstić information content (AvgIpc) is 2.10. The van der Waals surface area contributed by atoms with E-state index >= 15 is 0 Å². The smallest absolute Gasteiger partial charge is 0.00696 e. The number of hydrogen-bond donors (Lipinski definition) is 1. The largest absolute Gasteiger partial charge is 0.327 e. The first kappa shape index (κ1) is 7.07. The predicted octanol–water partition coefficient (Wildman–Crippen LogP) is 1.77. The molecule has 0 aliphatic heterocycles. The molecule has 0 amide bonds. The summed E-state index contributed by atoms with van der Waals surface area (Å²) in [6.07, 6.45) is 3.88. The second-order valence-corrected chi connectivity index (χ2v) is 3.41. The first-order chi connectivity index (χ1) is 4.24. The lowest BCUT2D eigenvalue weighted by molar-refractivity contribution is 0.460. The van der Waals surface area contributed by atoms with Crippen LogP contribution in [-0.2, 0) is 0 Å². The molecule has 0 spiro atoms. The number of rotatable bonds is 1. The van der Waals surface area contributed by atoms with E-state index in [9.17, 15) is 0 Å².